The molecule has 0 spiro atoms. The third-order valence-corrected chi connectivity index (χ3v) is 2.33. The highest BCUT2D eigenvalue weighted by atomic mass is 16.5. The molecular formula is C13H18N2O2. The van der Waals surface area contributed by atoms with E-state index in [1.807, 2.05) is 19.9 Å². The van der Waals surface area contributed by atoms with Crippen LogP contribution in [0.5, 0.6) is 5.75 Å². The molecular weight excluding hydrogens is 216 g/mol. The van der Waals surface area contributed by atoms with Gasteiger partial charge in [0.1, 0.15) is 11.8 Å². The third kappa shape index (κ3) is 3.65. The third-order valence-electron chi connectivity index (χ3n) is 2.33. The Morgan fingerprint density at radius 2 is 2.24 bits per heavy atom. The average molecular weight is 234 g/mol. The van der Waals surface area contributed by atoms with E-state index in [9.17, 15) is 0 Å². The highest BCUT2D eigenvalue weighted by Gasteiger charge is 2.11. The summed E-state index contributed by atoms with van der Waals surface area (Å²) in [5, 5.41) is 12.3. The van der Waals surface area contributed by atoms with Gasteiger partial charge in [0.2, 0.25) is 0 Å². The van der Waals surface area contributed by atoms with E-state index in [2.05, 4.69) is 11.4 Å². The molecule has 0 radical (unpaired) electrons. The standard InChI is InChI=1S/C13H18N2O2/c1-4-17-9-10(2)15-13-11(8-14)6-5-7-12(13)16-3/h5-7,10,15H,4,9H2,1-3H3. The molecule has 0 amide bonds. The van der Waals surface area contributed by atoms with Gasteiger partial charge in [-0.1, -0.05) is 6.07 Å². The number of nitriles is 1. The van der Waals surface area contributed by atoms with E-state index >= 15 is 0 Å². The minimum atomic E-state index is 0.123. The van der Waals surface area contributed by atoms with Crippen LogP contribution < -0.4 is 10.1 Å². The molecule has 0 aliphatic carbocycles. The summed E-state index contributed by atoms with van der Waals surface area (Å²) in [6.45, 7) is 5.24. The minimum absolute atomic E-state index is 0.123. The van der Waals surface area contributed by atoms with Crippen molar-refractivity contribution >= 4 is 5.69 Å². The van der Waals surface area contributed by atoms with Crippen molar-refractivity contribution in [1.29, 1.82) is 5.26 Å². The van der Waals surface area contributed by atoms with Gasteiger partial charge < -0.3 is 14.8 Å². The van der Waals surface area contributed by atoms with Gasteiger partial charge in [-0.2, -0.15) is 5.26 Å². The Bertz CT molecular complexity index is 399. The van der Waals surface area contributed by atoms with Crippen molar-refractivity contribution < 1.29 is 9.47 Å². The van der Waals surface area contributed by atoms with Gasteiger partial charge in [-0.25, -0.2) is 0 Å². The number of nitrogens with zero attached hydrogens (tertiary/aromatic N) is 1. The summed E-state index contributed by atoms with van der Waals surface area (Å²) in [5.41, 5.74) is 1.30. The van der Waals surface area contributed by atoms with Gasteiger partial charge in [0.25, 0.3) is 0 Å². The van der Waals surface area contributed by atoms with E-state index in [0.717, 1.165) is 5.69 Å². The number of benzene rings is 1. The average Bonchev–Trinajstić information content (AvgIpc) is 2.36. The van der Waals surface area contributed by atoms with Crippen LogP contribution in [0, 0.1) is 11.3 Å². The van der Waals surface area contributed by atoms with Crippen LogP contribution in [-0.4, -0.2) is 26.4 Å². The summed E-state index contributed by atoms with van der Waals surface area (Å²) in [6, 6.07) is 7.67. The number of hydrogen-bond acceptors (Lipinski definition) is 4. The fraction of sp³-hybridized carbons (Fsp3) is 0.462. The molecule has 17 heavy (non-hydrogen) atoms. The van der Waals surface area contributed by atoms with E-state index in [4.69, 9.17) is 14.7 Å². The molecule has 1 atom stereocenters. The maximum atomic E-state index is 9.05. The zero-order valence-electron chi connectivity index (χ0n) is 10.5. The lowest BCUT2D eigenvalue weighted by Gasteiger charge is -2.18. The second-order valence-corrected chi connectivity index (χ2v) is 3.70. The summed E-state index contributed by atoms with van der Waals surface area (Å²) in [7, 11) is 1.59. The van der Waals surface area contributed by atoms with Crippen LogP contribution in [0.4, 0.5) is 5.69 Å². The predicted octanol–water partition coefficient (Wildman–Crippen LogP) is 2.40. The molecule has 0 heterocycles. The topological polar surface area (TPSA) is 54.3 Å². The number of rotatable bonds is 6. The largest absolute Gasteiger partial charge is 0.495 e. The molecule has 0 saturated carbocycles. The molecule has 0 aliphatic rings. The number of para-hydroxylation sites is 1. The summed E-state index contributed by atoms with van der Waals surface area (Å²) in [6.07, 6.45) is 0. The lowest BCUT2D eigenvalue weighted by Crippen LogP contribution is -2.22. The van der Waals surface area contributed by atoms with Gasteiger partial charge in [-0.15, -0.1) is 0 Å². The number of nitrogens with one attached hydrogen (secondary N) is 1. The fourth-order valence-electron chi connectivity index (χ4n) is 1.53. The highest BCUT2D eigenvalue weighted by molar-refractivity contribution is 5.66. The molecule has 1 aromatic carbocycles. The first-order valence-electron chi connectivity index (χ1n) is 5.64. The summed E-state index contributed by atoms with van der Waals surface area (Å²) in [5.74, 6) is 0.674. The highest BCUT2D eigenvalue weighted by Crippen LogP contribution is 2.28. The quantitative estimate of drug-likeness (QED) is 0.821. The Morgan fingerprint density at radius 3 is 2.82 bits per heavy atom. The van der Waals surface area contributed by atoms with Crippen LogP contribution in [0.1, 0.15) is 19.4 Å². The van der Waals surface area contributed by atoms with Crippen molar-refractivity contribution in [3.63, 3.8) is 0 Å². The van der Waals surface area contributed by atoms with Crippen molar-refractivity contribution in [1.82, 2.24) is 0 Å². The van der Waals surface area contributed by atoms with Gasteiger partial charge in [0.05, 0.1) is 25.0 Å². The zero-order valence-corrected chi connectivity index (χ0v) is 10.5. The van der Waals surface area contributed by atoms with Gasteiger partial charge in [-0.3, -0.25) is 0 Å². The maximum Gasteiger partial charge on any atom is 0.143 e. The van der Waals surface area contributed by atoms with Gasteiger partial charge in [0.15, 0.2) is 0 Å². The van der Waals surface area contributed by atoms with Crippen LogP contribution in [0.3, 0.4) is 0 Å². The lowest BCUT2D eigenvalue weighted by atomic mass is 10.1. The zero-order chi connectivity index (χ0) is 12.7. The Morgan fingerprint density at radius 1 is 1.47 bits per heavy atom. The number of ether oxygens (including phenoxy) is 2. The SMILES string of the molecule is CCOCC(C)Nc1c(C#N)cccc1OC. The smallest absolute Gasteiger partial charge is 0.143 e. The van der Waals surface area contributed by atoms with Crippen LogP contribution in [0.15, 0.2) is 18.2 Å². The molecule has 92 valence electrons. The molecule has 1 aromatic rings. The number of hydrogen-bond donors (Lipinski definition) is 1. The van der Waals surface area contributed by atoms with Gasteiger partial charge in [-0.05, 0) is 26.0 Å². The van der Waals surface area contributed by atoms with Crippen LogP contribution >= 0.6 is 0 Å². The Hall–Kier alpha value is -1.73. The summed E-state index contributed by atoms with van der Waals surface area (Å²) >= 11 is 0. The summed E-state index contributed by atoms with van der Waals surface area (Å²) < 4.78 is 10.6. The first kappa shape index (κ1) is 13.3. The molecule has 0 bridgehead atoms. The van der Waals surface area contributed by atoms with Gasteiger partial charge in [0, 0.05) is 12.6 Å². The monoisotopic (exact) mass is 234 g/mol. The molecule has 4 heteroatoms. The van der Waals surface area contributed by atoms with E-state index in [0.29, 0.717) is 24.5 Å². The van der Waals surface area contributed by atoms with Gasteiger partial charge >= 0.3 is 0 Å². The maximum absolute atomic E-state index is 9.05. The molecule has 1 unspecified atom stereocenters. The van der Waals surface area contributed by atoms with Crippen LogP contribution in [-0.2, 0) is 4.74 Å². The van der Waals surface area contributed by atoms with E-state index in [1.54, 1.807) is 19.2 Å². The first-order valence-corrected chi connectivity index (χ1v) is 5.64. The Labute approximate surface area is 102 Å². The van der Waals surface area contributed by atoms with E-state index in [1.165, 1.54) is 0 Å². The molecule has 4 nitrogen and oxygen atoms in total. The van der Waals surface area contributed by atoms with Crippen molar-refractivity contribution in [2.24, 2.45) is 0 Å². The molecule has 0 aliphatic heterocycles. The van der Waals surface area contributed by atoms with Crippen LogP contribution in [0.2, 0.25) is 0 Å². The van der Waals surface area contributed by atoms with Crippen molar-refractivity contribution in [2.75, 3.05) is 25.6 Å². The Balaban J connectivity index is 2.84. The van der Waals surface area contributed by atoms with Crippen molar-refractivity contribution in [3.8, 4) is 11.8 Å². The predicted molar refractivity (Wildman–Crippen MR) is 67.3 cm³/mol. The number of anilines is 1. The molecule has 0 saturated heterocycles. The molecule has 1 rings (SSSR count). The lowest BCUT2D eigenvalue weighted by molar-refractivity contribution is 0.141. The first-order chi connectivity index (χ1) is 8.22. The Kier molecular flexibility index (Phi) is 5.31. The second kappa shape index (κ2) is 6.77. The van der Waals surface area contributed by atoms with E-state index < -0.39 is 0 Å². The molecule has 0 fully saturated rings. The van der Waals surface area contributed by atoms with Crippen molar-refractivity contribution in [2.45, 2.75) is 19.9 Å². The number of methoxy groups -OCH3 is 1. The fourth-order valence-corrected chi connectivity index (χ4v) is 1.53. The van der Waals surface area contributed by atoms with Crippen LogP contribution in [0.25, 0.3) is 0 Å². The molecule has 0 aromatic heterocycles. The normalized spacial score (nSPS) is 11.6. The summed E-state index contributed by atoms with van der Waals surface area (Å²) in [4.78, 5) is 0. The van der Waals surface area contributed by atoms with Crippen molar-refractivity contribution in [3.05, 3.63) is 23.8 Å². The van der Waals surface area contributed by atoms with E-state index in [-0.39, 0.29) is 6.04 Å². The second-order valence-electron chi connectivity index (χ2n) is 3.70. The molecule has 1 N–H and O–H groups in total. The minimum Gasteiger partial charge on any atom is -0.495 e.